The Kier molecular flexibility index (Phi) is 1.59. The summed E-state index contributed by atoms with van der Waals surface area (Å²) in [4.78, 5) is 0. The SMILES string of the molecule is FCOC1CCO1. The predicted molar refractivity (Wildman–Crippen MR) is 21.4 cm³/mol. The molecule has 1 saturated heterocycles. The fraction of sp³-hybridized carbons (Fsp3) is 1.00. The predicted octanol–water partition coefficient (Wildman–Crippen LogP) is 0.676. The van der Waals surface area contributed by atoms with Gasteiger partial charge in [0.15, 0.2) is 13.2 Å². The van der Waals surface area contributed by atoms with Crippen molar-refractivity contribution in [3.63, 3.8) is 0 Å². The van der Waals surface area contributed by atoms with Crippen molar-refractivity contribution >= 4 is 0 Å². The van der Waals surface area contributed by atoms with Crippen LogP contribution in [0.3, 0.4) is 0 Å². The lowest BCUT2D eigenvalue weighted by Gasteiger charge is -2.24. The highest BCUT2D eigenvalue weighted by atomic mass is 19.1. The summed E-state index contributed by atoms with van der Waals surface area (Å²) < 4.78 is 20.3. The molecule has 1 fully saturated rings. The summed E-state index contributed by atoms with van der Waals surface area (Å²) in [7, 11) is 0. The lowest BCUT2D eigenvalue weighted by molar-refractivity contribution is -0.229. The van der Waals surface area contributed by atoms with Gasteiger partial charge in [-0.1, -0.05) is 0 Å². The van der Waals surface area contributed by atoms with Gasteiger partial charge in [-0.2, -0.15) is 0 Å². The van der Waals surface area contributed by atoms with Crippen LogP contribution in [0.1, 0.15) is 6.42 Å². The maximum absolute atomic E-state index is 11.2. The van der Waals surface area contributed by atoms with E-state index in [1.54, 1.807) is 0 Å². The second-order valence-corrected chi connectivity index (χ2v) is 1.36. The fourth-order valence-corrected chi connectivity index (χ4v) is 0.416. The largest absolute Gasteiger partial charge is 0.352 e. The highest BCUT2D eigenvalue weighted by molar-refractivity contribution is 4.52. The first-order valence-electron chi connectivity index (χ1n) is 2.22. The number of hydrogen-bond acceptors (Lipinski definition) is 2. The van der Waals surface area contributed by atoms with Gasteiger partial charge < -0.3 is 9.47 Å². The standard InChI is InChI=1S/C4H7FO2/c5-3-7-4-1-2-6-4/h4H,1-3H2. The lowest BCUT2D eigenvalue weighted by atomic mass is 10.3. The van der Waals surface area contributed by atoms with Gasteiger partial charge in [-0.25, -0.2) is 4.39 Å². The Bertz CT molecular complexity index is 53.7. The molecule has 0 spiro atoms. The minimum Gasteiger partial charge on any atom is -0.352 e. The second-order valence-electron chi connectivity index (χ2n) is 1.36. The van der Waals surface area contributed by atoms with Crippen LogP contribution in [-0.4, -0.2) is 19.8 Å². The molecule has 7 heavy (non-hydrogen) atoms. The molecule has 1 rings (SSSR count). The van der Waals surface area contributed by atoms with Gasteiger partial charge >= 0.3 is 0 Å². The quantitative estimate of drug-likeness (QED) is 0.515. The average Bonchev–Trinajstić information content (AvgIpc) is 1.55. The first-order chi connectivity index (χ1) is 3.43. The molecule has 0 bridgehead atoms. The van der Waals surface area contributed by atoms with Gasteiger partial charge in [0, 0.05) is 6.42 Å². The molecule has 1 aliphatic rings. The molecule has 0 aromatic carbocycles. The van der Waals surface area contributed by atoms with Gasteiger partial charge in [0.05, 0.1) is 6.61 Å². The summed E-state index contributed by atoms with van der Waals surface area (Å²) >= 11 is 0. The zero-order valence-corrected chi connectivity index (χ0v) is 3.89. The molecule has 0 N–H and O–H groups in total. The van der Waals surface area contributed by atoms with E-state index in [0.29, 0.717) is 6.61 Å². The summed E-state index contributed by atoms with van der Waals surface area (Å²) in [5.74, 6) is 0. The van der Waals surface area contributed by atoms with Crippen LogP contribution in [0.15, 0.2) is 0 Å². The monoisotopic (exact) mass is 106 g/mol. The first kappa shape index (κ1) is 5.00. The third-order valence-electron chi connectivity index (χ3n) is 0.906. The molecule has 0 saturated carbocycles. The van der Waals surface area contributed by atoms with Crippen LogP contribution in [0.4, 0.5) is 4.39 Å². The highest BCUT2D eigenvalue weighted by Crippen LogP contribution is 2.11. The van der Waals surface area contributed by atoms with Crippen molar-refractivity contribution in [2.75, 3.05) is 13.5 Å². The van der Waals surface area contributed by atoms with E-state index in [2.05, 4.69) is 4.74 Å². The van der Waals surface area contributed by atoms with E-state index < -0.39 is 6.86 Å². The second kappa shape index (κ2) is 2.23. The molecule has 1 atom stereocenters. The lowest BCUT2D eigenvalue weighted by Crippen LogP contribution is -2.29. The van der Waals surface area contributed by atoms with E-state index >= 15 is 0 Å². The zero-order valence-electron chi connectivity index (χ0n) is 3.89. The molecule has 1 unspecified atom stereocenters. The Hall–Kier alpha value is -0.150. The molecule has 0 amide bonds. The number of halogens is 1. The van der Waals surface area contributed by atoms with Crippen LogP contribution in [0, 0.1) is 0 Å². The van der Waals surface area contributed by atoms with Gasteiger partial charge in [-0.3, -0.25) is 0 Å². The van der Waals surface area contributed by atoms with Crippen molar-refractivity contribution in [3.05, 3.63) is 0 Å². The van der Waals surface area contributed by atoms with Gasteiger partial charge in [-0.05, 0) is 0 Å². The van der Waals surface area contributed by atoms with E-state index in [-0.39, 0.29) is 6.29 Å². The Morgan fingerprint density at radius 3 is 2.71 bits per heavy atom. The fourth-order valence-electron chi connectivity index (χ4n) is 0.416. The number of alkyl halides is 1. The molecular formula is C4H7FO2. The Balaban J connectivity index is 1.93. The topological polar surface area (TPSA) is 18.5 Å². The van der Waals surface area contributed by atoms with Crippen molar-refractivity contribution in [2.24, 2.45) is 0 Å². The van der Waals surface area contributed by atoms with Crippen LogP contribution in [0.25, 0.3) is 0 Å². The number of hydrogen-bond donors (Lipinski definition) is 0. The summed E-state index contributed by atoms with van der Waals surface area (Å²) in [6, 6.07) is 0. The maximum atomic E-state index is 11.2. The first-order valence-corrected chi connectivity index (χ1v) is 2.22. The van der Waals surface area contributed by atoms with Crippen LogP contribution >= 0.6 is 0 Å². The van der Waals surface area contributed by atoms with E-state index in [0.717, 1.165) is 6.42 Å². The Morgan fingerprint density at radius 1 is 1.86 bits per heavy atom. The van der Waals surface area contributed by atoms with E-state index in [1.807, 2.05) is 0 Å². The molecular weight excluding hydrogens is 99.0 g/mol. The van der Waals surface area contributed by atoms with Gasteiger partial charge in [0.2, 0.25) is 0 Å². The van der Waals surface area contributed by atoms with Gasteiger partial charge in [-0.15, -0.1) is 0 Å². The summed E-state index contributed by atoms with van der Waals surface area (Å²) in [6.07, 6.45) is 0.592. The summed E-state index contributed by atoms with van der Waals surface area (Å²) in [6.45, 7) is -0.0185. The van der Waals surface area contributed by atoms with E-state index in [1.165, 1.54) is 0 Å². The van der Waals surface area contributed by atoms with Crippen LogP contribution in [-0.2, 0) is 9.47 Å². The van der Waals surface area contributed by atoms with Crippen molar-refractivity contribution in [3.8, 4) is 0 Å². The molecule has 2 nitrogen and oxygen atoms in total. The third-order valence-corrected chi connectivity index (χ3v) is 0.906. The zero-order chi connectivity index (χ0) is 5.11. The normalized spacial score (nSPS) is 29.6. The minimum atomic E-state index is -0.731. The maximum Gasteiger partial charge on any atom is 0.191 e. The number of rotatable bonds is 2. The van der Waals surface area contributed by atoms with Crippen molar-refractivity contribution in [2.45, 2.75) is 12.7 Å². The van der Waals surface area contributed by atoms with Crippen molar-refractivity contribution in [1.82, 2.24) is 0 Å². The molecule has 1 heterocycles. The molecule has 1 aliphatic heterocycles. The molecule has 0 aromatic rings. The molecule has 0 aliphatic carbocycles. The molecule has 42 valence electrons. The van der Waals surface area contributed by atoms with Crippen LogP contribution < -0.4 is 0 Å². The van der Waals surface area contributed by atoms with Crippen molar-refractivity contribution < 1.29 is 13.9 Å². The van der Waals surface area contributed by atoms with Gasteiger partial charge in [0.1, 0.15) is 0 Å². The van der Waals surface area contributed by atoms with E-state index in [4.69, 9.17) is 4.74 Å². The van der Waals surface area contributed by atoms with E-state index in [9.17, 15) is 4.39 Å². The van der Waals surface area contributed by atoms with Gasteiger partial charge in [0.25, 0.3) is 0 Å². The van der Waals surface area contributed by atoms with Crippen LogP contribution in [0.2, 0.25) is 0 Å². The van der Waals surface area contributed by atoms with Crippen LogP contribution in [0.5, 0.6) is 0 Å². The molecule has 0 radical (unpaired) electrons. The Labute approximate surface area is 41.2 Å². The summed E-state index contributed by atoms with van der Waals surface area (Å²) in [5.41, 5.74) is 0. The number of ether oxygens (including phenoxy) is 2. The third kappa shape index (κ3) is 1.11. The van der Waals surface area contributed by atoms with Crippen molar-refractivity contribution in [1.29, 1.82) is 0 Å². The smallest absolute Gasteiger partial charge is 0.191 e. The Morgan fingerprint density at radius 2 is 2.57 bits per heavy atom. The summed E-state index contributed by atoms with van der Waals surface area (Å²) in [5, 5.41) is 0. The highest BCUT2D eigenvalue weighted by Gasteiger charge is 2.17. The molecule has 3 heteroatoms. The average molecular weight is 106 g/mol. The minimum absolute atomic E-state index is 0.245. The molecule has 0 aromatic heterocycles.